The molecule has 0 amide bonds. The number of aryl methyl sites for hydroxylation is 1. The Morgan fingerprint density at radius 2 is 1.91 bits per heavy atom. The zero-order valence-corrected chi connectivity index (χ0v) is 21.8. The lowest BCUT2D eigenvalue weighted by atomic mass is 10.1. The van der Waals surface area contributed by atoms with Gasteiger partial charge in [0.1, 0.15) is 18.5 Å². The average molecular weight is 647 g/mol. The third kappa shape index (κ3) is 5.07. The maximum absolute atomic E-state index is 9.76. The smallest absolute Gasteiger partial charge is 0.174 e. The minimum atomic E-state index is 0.445. The Balaban J connectivity index is 1.63. The predicted molar refractivity (Wildman–Crippen MR) is 144 cm³/mol. The van der Waals surface area contributed by atoms with Crippen LogP contribution in [0, 0.1) is 25.4 Å². The van der Waals surface area contributed by atoms with Crippen molar-refractivity contribution in [1.82, 2.24) is 9.97 Å². The number of halogens is 2. The number of allylic oxidation sites excluding steroid dienone is 1. The number of rotatable bonds is 6. The zero-order chi connectivity index (χ0) is 22.7. The van der Waals surface area contributed by atoms with Crippen molar-refractivity contribution < 1.29 is 9.47 Å². The van der Waals surface area contributed by atoms with Crippen LogP contribution < -0.4 is 9.47 Å². The summed E-state index contributed by atoms with van der Waals surface area (Å²) >= 11 is 4.51. The first-order chi connectivity index (χ1) is 15.5. The van der Waals surface area contributed by atoms with Gasteiger partial charge in [-0.15, -0.1) is 0 Å². The van der Waals surface area contributed by atoms with Crippen LogP contribution in [0.15, 0.2) is 54.6 Å². The second kappa shape index (κ2) is 9.92. The van der Waals surface area contributed by atoms with Crippen LogP contribution >= 0.6 is 45.2 Å². The summed E-state index contributed by atoms with van der Waals surface area (Å²) in [6, 6.07) is 20.3. The van der Waals surface area contributed by atoms with Crippen molar-refractivity contribution in [3.63, 3.8) is 0 Å². The van der Waals surface area contributed by atoms with E-state index in [1.165, 1.54) is 3.57 Å². The molecule has 4 aromatic rings. The van der Waals surface area contributed by atoms with Gasteiger partial charge in [-0.2, -0.15) is 5.26 Å². The molecule has 0 atom stereocenters. The summed E-state index contributed by atoms with van der Waals surface area (Å²) in [6.45, 7) is 2.47. The Labute approximate surface area is 213 Å². The maximum atomic E-state index is 9.76. The molecule has 1 aromatic heterocycles. The van der Waals surface area contributed by atoms with E-state index in [-0.39, 0.29) is 0 Å². The van der Waals surface area contributed by atoms with Gasteiger partial charge in [0.05, 0.1) is 27.3 Å². The molecular formula is C25H19I2N3O2. The molecule has 0 fully saturated rings. The molecule has 160 valence electrons. The number of H-pyrrole nitrogens is 1. The van der Waals surface area contributed by atoms with Gasteiger partial charge in [-0.25, -0.2) is 4.98 Å². The van der Waals surface area contributed by atoms with E-state index in [9.17, 15) is 5.26 Å². The molecule has 0 unspecified atom stereocenters. The highest BCUT2D eigenvalue weighted by Crippen LogP contribution is 2.35. The lowest BCUT2D eigenvalue weighted by molar-refractivity contribution is 0.282. The maximum Gasteiger partial charge on any atom is 0.174 e. The monoisotopic (exact) mass is 647 g/mol. The Morgan fingerprint density at radius 3 is 2.62 bits per heavy atom. The highest BCUT2D eigenvalue weighted by Gasteiger charge is 2.14. The SMILES string of the molecule is COc1cc(/C=C(/C#N)c2nc3ccc(C)cc3[nH]2)cc(I)c1OCc1ccc(I)cc1. The number of ether oxygens (including phenoxy) is 2. The van der Waals surface area contributed by atoms with Gasteiger partial charge in [-0.3, -0.25) is 0 Å². The van der Waals surface area contributed by atoms with E-state index in [1.807, 2.05) is 49.4 Å². The molecule has 7 heteroatoms. The number of fused-ring (bicyclic) bond motifs is 1. The van der Waals surface area contributed by atoms with Crippen LogP contribution in [0.5, 0.6) is 11.5 Å². The number of aromatic nitrogens is 2. The van der Waals surface area contributed by atoms with E-state index in [0.29, 0.717) is 29.5 Å². The first-order valence-corrected chi connectivity index (χ1v) is 12.0. The Kier molecular flexibility index (Phi) is 7.01. The molecule has 0 saturated carbocycles. The number of nitrogens with zero attached hydrogens (tertiary/aromatic N) is 2. The van der Waals surface area contributed by atoms with Crippen LogP contribution in [0.25, 0.3) is 22.7 Å². The fourth-order valence-electron chi connectivity index (χ4n) is 3.27. The Morgan fingerprint density at radius 1 is 1.12 bits per heavy atom. The van der Waals surface area contributed by atoms with E-state index in [1.54, 1.807) is 13.2 Å². The number of nitriles is 1. The predicted octanol–water partition coefficient (Wildman–Crippen LogP) is 6.73. The van der Waals surface area contributed by atoms with E-state index < -0.39 is 0 Å². The topological polar surface area (TPSA) is 70.9 Å². The summed E-state index contributed by atoms with van der Waals surface area (Å²) in [5.74, 6) is 1.84. The average Bonchev–Trinajstić information content (AvgIpc) is 3.20. The molecule has 5 nitrogen and oxygen atoms in total. The number of nitrogens with one attached hydrogen (secondary N) is 1. The van der Waals surface area contributed by atoms with Crippen molar-refractivity contribution in [2.24, 2.45) is 0 Å². The molecule has 4 rings (SSSR count). The van der Waals surface area contributed by atoms with Crippen LogP contribution in [0.3, 0.4) is 0 Å². The quantitative estimate of drug-likeness (QED) is 0.186. The lowest BCUT2D eigenvalue weighted by Crippen LogP contribution is -2.00. The van der Waals surface area contributed by atoms with Crippen LogP contribution in [-0.4, -0.2) is 17.1 Å². The molecule has 1 N–H and O–H groups in total. The lowest BCUT2D eigenvalue weighted by Gasteiger charge is -2.14. The van der Waals surface area contributed by atoms with Gasteiger partial charge < -0.3 is 14.5 Å². The summed E-state index contributed by atoms with van der Waals surface area (Å²) in [4.78, 5) is 7.81. The largest absolute Gasteiger partial charge is 0.493 e. The fourth-order valence-corrected chi connectivity index (χ4v) is 4.41. The molecule has 0 aliphatic heterocycles. The summed E-state index contributed by atoms with van der Waals surface area (Å²) in [7, 11) is 1.61. The second-order valence-corrected chi connectivity index (χ2v) is 9.63. The summed E-state index contributed by atoms with van der Waals surface area (Å²) < 4.78 is 13.7. The van der Waals surface area contributed by atoms with Gasteiger partial charge in [-0.1, -0.05) is 18.2 Å². The summed E-state index contributed by atoms with van der Waals surface area (Å²) in [6.07, 6.45) is 1.80. The molecule has 1 heterocycles. The van der Waals surface area contributed by atoms with Crippen LogP contribution in [-0.2, 0) is 6.61 Å². The normalized spacial score (nSPS) is 11.4. The highest BCUT2D eigenvalue weighted by molar-refractivity contribution is 14.1. The second-order valence-electron chi connectivity index (χ2n) is 7.23. The summed E-state index contributed by atoms with van der Waals surface area (Å²) in [5.41, 5.74) is 5.24. The molecule has 0 radical (unpaired) electrons. The van der Waals surface area contributed by atoms with Gasteiger partial charge >= 0.3 is 0 Å². The summed E-state index contributed by atoms with van der Waals surface area (Å²) in [5, 5.41) is 9.76. The van der Waals surface area contributed by atoms with Crippen molar-refractivity contribution in [3.05, 3.63) is 84.3 Å². The van der Waals surface area contributed by atoms with Crippen LogP contribution in [0.2, 0.25) is 0 Å². The first kappa shape index (κ1) is 22.6. The molecule has 0 spiro atoms. The Hall–Kier alpha value is -2.58. The van der Waals surface area contributed by atoms with Crippen molar-refractivity contribution in [2.75, 3.05) is 7.11 Å². The van der Waals surface area contributed by atoms with Crippen molar-refractivity contribution in [1.29, 1.82) is 5.26 Å². The molecule has 0 aliphatic carbocycles. The molecule has 0 saturated heterocycles. The molecule has 3 aromatic carbocycles. The van der Waals surface area contributed by atoms with E-state index >= 15 is 0 Å². The van der Waals surface area contributed by atoms with Gasteiger partial charge in [0.25, 0.3) is 0 Å². The fraction of sp³-hybridized carbons (Fsp3) is 0.120. The minimum absolute atomic E-state index is 0.445. The number of benzene rings is 3. The number of aromatic amines is 1. The molecule has 0 bridgehead atoms. The van der Waals surface area contributed by atoms with E-state index in [4.69, 9.17) is 9.47 Å². The third-order valence-electron chi connectivity index (χ3n) is 4.87. The van der Waals surface area contributed by atoms with Crippen molar-refractivity contribution in [3.8, 4) is 17.6 Å². The van der Waals surface area contributed by atoms with Crippen molar-refractivity contribution in [2.45, 2.75) is 13.5 Å². The van der Waals surface area contributed by atoms with E-state index in [0.717, 1.165) is 31.3 Å². The van der Waals surface area contributed by atoms with E-state index in [2.05, 4.69) is 73.4 Å². The van der Waals surface area contributed by atoms with Crippen LogP contribution in [0.1, 0.15) is 22.5 Å². The first-order valence-electron chi connectivity index (χ1n) is 9.80. The number of hydrogen-bond donors (Lipinski definition) is 1. The standard InChI is InChI=1S/C25H19I2N3O2/c1-15-3-8-21-22(9-15)30-25(29-21)18(13-28)10-17-11-20(27)24(23(12-17)31-2)32-14-16-4-6-19(26)7-5-16/h3-12H,14H2,1-2H3,(H,29,30)/b18-10-. The number of hydrogen-bond acceptors (Lipinski definition) is 4. The minimum Gasteiger partial charge on any atom is -0.493 e. The van der Waals surface area contributed by atoms with Gasteiger partial charge in [-0.05, 0) is 111 Å². The number of imidazole rings is 1. The van der Waals surface area contributed by atoms with Gasteiger partial charge in [0, 0.05) is 3.57 Å². The van der Waals surface area contributed by atoms with Gasteiger partial charge in [0.2, 0.25) is 0 Å². The molecular weight excluding hydrogens is 628 g/mol. The zero-order valence-electron chi connectivity index (χ0n) is 17.4. The van der Waals surface area contributed by atoms with Gasteiger partial charge in [0.15, 0.2) is 11.5 Å². The molecule has 32 heavy (non-hydrogen) atoms. The number of methoxy groups -OCH3 is 1. The van der Waals surface area contributed by atoms with Crippen LogP contribution in [0.4, 0.5) is 0 Å². The van der Waals surface area contributed by atoms with Crippen molar-refractivity contribution >= 4 is 67.9 Å². The Bertz CT molecular complexity index is 1350. The molecule has 0 aliphatic rings. The highest BCUT2D eigenvalue weighted by atomic mass is 127. The third-order valence-corrected chi connectivity index (χ3v) is 6.39.